The molecule has 1 amide bonds. The van der Waals surface area contributed by atoms with Gasteiger partial charge in [0.2, 0.25) is 15.9 Å². The maximum Gasteiger partial charge on any atom is 0.335 e. The van der Waals surface area contributed by atoms with Gasteiger partial charge in [0.05, 0.1) is 24.1 Å². The molecule has 0 fully saturated rings. The van der Waals surface area contributed by atoms with E-state index in [0.717, 1.165) is 16.9 Å². The summed E-state index contributed by atoms with van der Waals surface area (Å²) in [6.45, 7) is 1.70. The zero-order valence-corrected chi connectivity index (χ0v) is 15.7. The molecule has 2 aromatic carbocycles. The molecule has 9 heteroatoms. The van der Waals surface area contributed by atoms with Crippen molar-refractivity contribution in [1.82, 2.24) is 10.0 Å². The smallest absolute Gasteiger partial charge is 0.335 e. The molecule has 0 spiro atoms. The Labute approximate surface area is 157 Å². The van der Waals surface area contributed by atoms with Crippen LogP contribution in [0.5, 0.6) is 5.75 Å². The van der Waals surface area contributed by atoms with E-state index in [9.17, 15) is 18.0 Å². The topological polar surface area (TPSA) is 122 Å². The van der Waals surface area contributed by atoms with Crippen molar-refractivity contribution in [3.8, 4) is 5.75 Å². The summed E-state index contributed by atoms with van der Waals surface area (Å²) >= 11 is 0. The van der Waals surface area contributed by atoms with Gasteiger partial charge in [-0.2, -0.15) is 0 Å². The van der Waals surface area contributed by atoms with Crippen LogP contribution in [0.4, 0.5) is 0 Å². The fourth-order valence-corrected chi connectivity index (χ4v) is 3.32. The van der Waals surface area contributed by atoms with Gasteiger partial charge >= 0.3 is 5.97 Å². The minimum Gasteiger partial charge on any atom is -0.496 e. The molecule has 3 N–H and O–H groups in total. The number of ether oxygens (including phenoxy) is 1. The number of carbonyl (C=O) groups is 2. The maximum absolute atomic E-state index is 12.2. The highest BCUT2D eigenvalue weighted by molar-refractivity contribution is 7.89. The molecule has 0 atom stereocenters. The number of benzene rings is 2. The first kappa shape index (κ1) is 20.4. The third-order valence-electron chi connectivity index (χ3n) is 3.78. The van der Waals surface area contributed by atoms with E-state index in [1.165, 1.54) is 24.3 Å². The van der Waals surface area contributed by atoms with Crippen LogP contribution in [0.25, 0.3) is 0 Å². The first-order valence-corrected chi connectivity index (χ1v) is 9.44. The summed E-state index contributed by atoms with van der Waals surface area (Å²) in [5.41, 5.74) is 1.75. The average Bonchev–Trinajstić information content (AvgIpc) is 2.65. The molecule has 8 nitrogen and oxygen atoms in total. The summed E-state index contributed by atoms with van der Waals surface area (Å²) in [7, 11) is -2.34. The first-order valence-electron chi connectivity index (χ1n) is 7.96. The van der Waals surface area contributed by atoms with Crippen LogP contribution in [0.2, 0.25) is 0 Å². The number of sulfonamides is 1. The van der Waals surface area contributed by atoms with E-state index >= 15 is 0 Å². The van der Waals surface area contributed by atoms with Crippen molar-refractivity contribution in [2.45, 2.75) is 18.4 Å². The molecule has 0 saturated carbocycles. The molecule has 0 aromatic heterocycles. The highest BCUT2D eigenvalue weighted by atomic mass is 32.2. The van der Waals surface area contributed by atoms with Gasteiger partial charge in [-0.1, -0.05) is 12.1 Å². The molecular formula is C18H20N2O6S. The summed E-state index contributed by atoms with van der Waals surface area (Å²) in [6, 6.07) is 10.2. The third-order valence-corrected chi connectivity index (χ3v) is 5.20. The predicted molar refractivity (Wildman–Crippen MR) is 98.2 cm³/mol. The van der Waals surface area contributed by atoms with Crippen LogP contribution in [-0.2, 0) is 21.4 Å². The van der Waals surface area contributed by atoms with Crippen molar-refractivity contribution in [3.05, 3.63) is 59.2 Å². The second-order valence-electron chi connectivity index (χ2n) is 5.73. The average molecular weight is 392 g/mol. The number of hydrogen-bond donors (Lipinski definition) is 3. The Bertz CT molecular complexity index is 939. The van der Waals surface area contributed by atoms with E-state index in [1.54, 1.807) is 19.2 Å². The number of carboxylic acid groups (broad SMARTS) is 1. The number of carbonyl (C=O) groups excluding carboxylic acids is 1. The summed E-state index contributed by atoms with van der Waals surface area (Å²) < 4.78 is 31.7. The number of aryl methyl sites for hydroxylation is 1. The Hall–Kier alpha value is -2.91. The van der Waals surface area contributed by atoms with Crippen LogP contribution in [0, 0.1) is 6.92 Å². The van der Waals surface area contributed by atoms with Crippen LogP contribution >= 0.6 is 0 Å². The fourth-order valence-electron chi connectivity index (χ4n) is 2.33. The minimum atomic E-state index is -3.92. The normalized spacial score (nSPS) is 11.0. The monoisotopic (exact) mass is 392 g/mol. The molecule has 2 rings (SSSR count). The van der Waals surface area contributed by atoms with Crippen molar-refractivity contribution < 1.29 is 27.9 Å². The van der Waals surface area contributed by atoms with E-state index in [2.05, 4.69) is 10.0 Å². The molecular weight excluding hydrogens is 372 g/mol. The van der Waals surface area contributed by atoms with Gasteiger partial charge in [0, 0.05) is 6.54 Å². The van der Waals surface area contributed by atoms with Gasteiger partial charge in [0.1, 0.15) is 5.75 Å². The number of nitrogens with one attached hydrogen (secondary N) is 2. The number of aromatic carboxylic acids is 1. The molecule has 0 bridgehead atoms. The lowest BCUT2D eigenvalue weighted by atomic mass is 10.1. The van der Waals surface area contributed by atoms with Gasteiger partial charge in [0.15, 0.2) is 0 Å². The zero-order valence-electron chi connectivity index (χ0n) is 14.9. The van der Waals surface area contributed by atoms with E-state index in [1.807, 2.05) is 13.0 Å². The van der Waals surface area contributed by atoms with Crippen LogP contribution < -0.4 is 14.8 Å². The molecule has 0 aliphatic rings. The Morgan fingerprint density at radius 2 is 1.78 bits per heavy atom. The van der Waals surface area contributed by atoms with Crippen molar-refractivity contribution in [2.24, 2.45) is 0 Å². The van der Waals surface area contributed by atoms with Crippen LogP contribution in [0.15, 0.2) is 47.4 Å². The van der Waals surface area contributed by atoms with Gasteiger partial charge in [-0.15, -0.1) is 0 Å². The Balaban J connectivity index is 1.90. The Morgan fingerprint density at radius 3 is 2.33 bits per heavy atom. The first-order chi connectivity index (χ1) is 12.7. The van der Waals surface area contributed by atoms with Gasteiger partial charge in [0.25, 0.3) is 0 Å². The van der Waals surface area contributed by atoms with Gasteiger partial charge < -0.3 is 15.2 Å². The van der Waals surface area contributed by atoms with Crippen molar-refractivity contribution in [2.75, 3.05) is 13.7 Å². The zero-order chi connectivity index (χ0) is 20.0. The third kappa shape index (κ3) is 5.53. The molecule has 0 unspecified atom stereocenters. The summed E-state index contributed by atoms with van der Waals surface area (Å²) in [5, 5.41) is 11.5. The van der Waals surface area contributed by atoms with Crippen molar-refractivity contribution in [3.63, 3.8) is 0 Å². The Kier molecular flexibility index (Phi) is 6.54. The standard InChI is InChI=1S/C18H20N2O6S/c1-12-9-13(3-8-16(12)26-2)10-19-17(21)11-20-27(24,25)15-6-4-14(5-7-15)18(22)23/h3-9,20H,10-11H2,1-2H3,(H,19,21)(H,22,23). The molecule has 27 heavy (non-hydrogen) atoms. The van der Waals surface area contributed by atoms with E-state index < -0.39 is 28.4 Å². The van der Waals surface area contributed by atoms with Gasteiger partial charge in [-0.3, -0.25) is 4.79 Å². The quantitative estimate of drug-likeness (QED) is 0.622. The van der Waals surface area contributed by atoms with E-state index in [0.29, 0.717) is 0 Å². The second-order valence-corrected chi connectivity index (χ2v) is 7.50. The lowest BCUT2D eigenvalue weighted by molar-refractivity contribution is -0.120. The van der Waals surface area contributed by atoms with Crippen LogP contribution in [0.1, 0.15) is 21.5 Å². The highest BCUT2D eigenvalue weighted by Gasteiger charge is 2.16. The second kappa shape index (κ2) is 8.65. The lowest BCUT2D eigenvalue weighted by Gasteiger charge is -2.10. The van der Waals surface area contributed by atoms with Crippen LogP contribution in [0.3, 0.4) is 0 Å². The molecule has 144 valence electrons. The highest BCUT2D eigenvalue weighted by Crippen LogP contribution is 2.18. The summed E-state index contributed by atoms with van der Waals surface area (Å²) in [6.07, 6.45) is 0. The number of rotatable bonds is 8. The van der Waals surface area contributed by atoms with E-state index in [4.69, 9.17) is 9.84 Å². The molecule has 0 heterocycles. The number of methoxy groups -OCH3 is 1. The molecule has 0 aliphatic carbocycles. The molecule has 0 aliphatic heterocycles. The minimum absolute atomic E-state index is 0.0264. The number of amides is 1. The molecule has 0 saturated heterocycles. The largest absolute Gasteiger partial charge is 0.496 e. The molecule has 0 radical (unpaired) electrons. The summed E-state index contributed by atoms with van der Waals surface area (Å²) in [5.74, 6) is -0.902. The van der Waals surface area contributed by atoms with Gasteiger partial charge in [-0.05, 0) is 48.4 Å². The van der Waals surface area contributed by atoms with E-state index in [-0.39, 0.29) is 17.0 Å². The van der Waals surface area contributed by atoms with Crippen molar-refractivity contribution >= 4 is 21.9 Å². The fraction of sp³-hybridized carbons (Fsp3) is 0.222. The SMILES string of the molecule is COc1ccc(CNC(=O)CNS(=O)(=O)c2ccc(C(=O)O)cc2)cc1C. The van der Waals surface area contributed by atoms with Crippen molar-refractivity contribution in [1.29, 1.82) is 0 Å². The number of hydrogen-bond acceptors (Lipinski definition) is 5. The Morgan fingerprint density at radius 1 is 1.11 bits per heavy atom. The maximum atomic E-state index is 12.2. The predicted octanol–water partition coefficient (Wildman–Crippen LogP) is 1.30. The summed E-state index contributed by atoms with van der Waals surface area (Å²) in [4.78, 5) is 22.6. The lowest BCUT2D eigenvalue weighted by Crippen LogP contribution is -2.36. The molecule has 2 aromatic rings. The number of carboxylic acids is 1. The van der Waals surface area contributed by atoms with Crippen LogP contribution in [-0.4, -0.2) is 39.1 Å². The van der Waals surface area contributed by atoms with Gasteiger partial charge in [-0.25, -0.2) is 17.9 Å².